The molecule has 2 heterocycles. The van der Waals surface area contributed by atoms with Gasteiger partial charge in [0.15, 0.2) is 0 Å². The maximum atomic E-state index is 14.3. The van der Waals surface area contributed by atoms with Crippen molar-refractivity contribution in [1.29, 1.82) is 0 Å². The molecule has 1 saturated heterocycles. The van der Waals surface area contributed by atoms with E-state index in [2.05, 4.69) is 36.8 Å². The molecule has 1 aliphatic rings. The highest BCUT2D eigenvalue weighted by molar-refractivity contribution is 9.13. The predicted molar refractivity (Wildman–Crippen MR) is 84.8 cm³/mol. The van der Waals surface area contributed by atoms with E-state index in [1.54, 1.807) is 12.3 Å². The van der Waals surface area contributed by atoms with Crippen LogP contribution in [0.2, 0.25) is 0 Å². The SMILES string of the molecule is CC1(C)OB(C(F)=Cc2ccnc(Br)c2Br)OC1(C)C. The summed E-state index contributed by atoms with van der Waals surface area (Å²) >= 11 is 6.64. The van der Waals surface area contributed by atoms with Crippen LogP contribution in [0.3, 0.4) is 0 Å². The molecule has 0 spiro atoms. The predicted octanol–water partition coefficient (Wildman–Crippen LogP) is 4.55. The fourth-order valence-electron chi connectivity index (χ4n) is 1.72. The van der Waals surface area contributed by atoms with Crippen molar-refractivity contribution in [3.05, 3.63) is 32.6 Å². The summed E-state index contributed by atoms with van der Waals surface area (Å²) in [5.74, 6) is 0. The zero-order chi connectivity index (χ0) is 15.1. The number of hydrogen-bond acceptors (Lipinski definition) is 3. The molecule has 7 heteroatoms. The molecule has 3 nitrogen and oxygen atoms in total. The normalized spacial score (nSPS) is 21.4. The Morgan fingerprint density at radius 2 is 1.80 bits per heavy atom. The van der Waals surface area contributed by atoms with Crippen LogP contribution in [0.1, 0.15) is 33.3 Å². The number of nitrogens with zero attached hydrogens (tertiary/aromatic N) is 1. The summed E-state index contributed by atoms with van der Waals surface area (Å²) in [5.41, 5.74) is -0.917. The maximum absolute atomic E-state index is 14.3. The van der Waals surface area contributed by atoms with Crippen molar-refractivity contribution < 1.29 is 13.7 Å². The molecule has 0 aromatic carbocycles. The minimum absolute atomic E-state index is 0.470. The Morgan fingerprint density at radius 3 is 2.35 bits per heavy atom. The number of aromatic nitrogens is 1. The number of hydrogen-bond donors (Lipinski definition) is 0. The van der Waals surface area contributed by atoms with Crippen molar-refractivity contribution in [2.45, 2.75) is 38.9 Å². The third kappa shape index (κ3) is 3.00. The van der Waals surface area contributed by atoms with Gasteiger partial charge in [-0.05, 0) is 77.3 Å². The highest BCUT2D eigenvalue weighted by Gasteiger charge is 2.53. The molecule has 0 amide bonds. The maximum Gasteiger partial charge on any atom is 0.525 e. The Bertz CT molecular complexity index is 547. The van der Waals surface area contributed by atoms with Gasteiger partial charge in [-0.25, -0.2) is 9.37 Å². The summed E-state index contributed by atoms with van der Waals surface area (Å²) in [6.07, 6.45) is 2.98. The lowest BCUT2D eigenvalue weighted by Gasteiger charge is -2.32. The second-order valence-electron chi connectivity index (χ2n) is 5.62. The number of halogens is 3. The lowest BCUT2D eigenvalue weighted by atomic mass is 9.87. The third-order valence-electron chi connectivity index (χ3n) is 3.65. The molecular formula is C13H15BBr2FNO2. The largest absolute Gasteiger partial charge is 0.525 e. The molecule has 108 valence electrons. The molecular weight excluding hydrogens is 392 g/mol. The summed E-state index contributed by atoms with van der Waals surface area (Å²) in [6, 6.07) is 1.71. The molecule has 1 aliphatic heterocycles. The first-order chi connectivity index (χ1) is 9.14. The zero-order valence-corrected chi connectivity index (χ0v) is 14.9. The smallest absolute Gasteiger partial charge is 0.398 e. The van der Waals surface area contributed by atoms with E-state index in [0.717, 1.165) is 0 Å². The van der Waals surface area contributed by atoms with Crippen LogP contribution in [0, 0.1) is 0 Å². The van der Waals surface area contributed by atoms with Gasteiger partial charge in [-0.15, -0.1) is 0 Å². The Hall–Kier alpha value is -0.235. The highest BCUT2D eigenvalue weighted by atomic mass is 79.9. The first-order valence-electron chi connectivity index (χ1n) is 6.17. The molecule has 20 heavy (non-hydrogen) atoms. The van der Waals surface area contributed by atoms with Gasteiger partial charge in [0.05, 0.1) is 15.7 Å². The van der Waals surface area contributed by atoms with Crippen molar-refractivity contribution in [3.63, 3.8) is 0 Å². The highest BCUT2D eigenvalue weighted by Crippen LogP contribution is 2.39. The van der Waals surface area contributed by atoms with Crippen LogP contribution in [0.25, 0.3) is 6.08 Å². The summed E-state index contributed by atoms with van der Waals surface area (Å²) in [7, 11) is -0.987. The van der Waals surface area contributed by atoms with Crippen molar-refractivity contribution in [1.82, 2.24) is 4.98 Å². The van der Waals surface area contributed by atoms with Gasteiger partial charge in [0.2, 0.25) is 0 Å². The fraction of sp³-hybridized carbons (Fsp3) is 0.462. The van der Waals surface area contributed by atoms with E-state index in [4.69, 9.17) is 9.31 Å². The van der Waals surface area contributed by atoms with Crippen LogP contribution in [-0.4, -0.2) is 23.3 Å². The van der Waals surface area contributed by atoms with E-state index in [1.165, 1.54) is 6.08 Å². The average Bonchev–Trinajstić information content (AvgIpc) is 2.54. The van der Waals surface area contributed by atoms with Crippen molar-refractivity contribution in [2.75, 3.05) is 0 Å². The Morgan fingerprint density at radius 1 is 1.25 bits per heavy atom. The molecule has 0 saturated carbocycles. The van der Waals surface area contributed by atoms with Crippen molar-refractivity contribution in [2.24, 2.45) is 0 Å². The van der Waals surface area contributed by atoms with Gasteiger partial charge in [-0.2, -0.15) is 0 Å². The Balaban J connectivity index is 2.27. The molecule has 0 unspecified atom stereocenters. The van der Waals surface area contributed by atoms with E-state index < -0.39 is 24.0 Å². The molecule has 0 atom stereocenters. The quantitative estimate of drug-likeness (QED) is 0.533. The lowest BCUT2D eigenvalue weighted by Crippen LogP contribution is -2.41. The third-order valence-corrected chi connectivity index (χ3v) is 5.62. The molecule has 1 aromatic heterocycles. The second kappa shape index (κ2) is 5.52. The molecule has 0 radical (unpaired) electrons. The second-order valence-corrected chi connectivity index (χ2v) is 7.17. The molecule has 1 fully saturated rings. The van der Waals surface area contributed by atoms with Crippen LogP contribution >= 0.6 is 31.9 Å². The van der Waals surface area contributed by atoms with Gasteiger partial charge in [0, 0.05) is 6.20 Å². The van der Waals surface area contributed by atoms with Gasteiger partial charge in [0.25, 0.3) is 0 Å². The summed E-state index contributed by atoms with van der Waals surface area (Å²) in [6.45, 7) is 7.55. The zero-order valence-electron chi connectivity index (χ0n) is 11.7. The van der Waals surface area contributed by atoms with E-state index in [0.29, 0.717) is 14.6 Å². The van der Waals surface area contributed by atoms with E-state index in [-0.39, 0.29) is 0 Å². The van der Waals surface area contributed by atoms with Gasteiger partial charge in [0.1, 0.15) is 10.3 Å². The van der Waals surface area contributed by atoms with E-state index in [9.17, 15) is 4.39 Å². The lowest BCUT2D eigenvalue weighted by molar-refractivity contribution is 0.00578. The number of pyridine rings is 1. The fourth-order valence-corrected chi connectivity index (χ4v) is 2.41. The Kier molecular flexibility index (Phi) is 4.45. The monoisotopic (exact) mass is 405 g/mol. The van der Waals surface area contributed by atoms with Crippen LogP contribution in [0.4, 0.5) is 4.39 Å². The van der Waals surface area contributed by atoms with Crippen LogP contribution in [-0.2, 0) is 9.31 Å². The molecule has 0 N–H and O–H groups in total. The standard InChI is InChI=1S/C13H15BBr2FNO2/c1-12(2)13(3,4)20-14(19-12)9(17)7-8-5-6-18-11(16)10(8)15/h5-7H,1-4H3. The summed E-state index contributed by atoms with van der Waals surface area (Å²) in [4.78, 5) is 4.05. The minimum Gasteiger partial charge on any atom is -0.398 e. The van der Waals surface area contributed by atoms with Gasteiger partial charge >= 0.3 is 7.12 Å². The number of rotatable bonds is 2. The van der Waals surface area contributed by atoms with Crippen LogP contribution < -0.4 is 0 Å². The van der Waals surface area contributed by atoms with E-state index >= 15 is 0 Å². The van der Waals surface area contributed by atoms with E-state index in [1.807, 2.05) is 27.7 Å². The molecule has 1 aromatic rings. The molecule has 0 aliphatic carbocycles. The molecule has 2 rings (SSSR count). The average molecular weight is 407 g/mol. The van der Waals surface area contributed by atoms with Crippen molar-refractivity contribution >= 4 is 45.1 Å². The first kappa shape index (κ1) is 16.1. The van der Waals surface area contributed by atoms with Gasteiger partial charge in [-0.1, -0.05) is 0 Å². The van der Waals surface area contributed by atoms with Crippen LogP contribution in [0.5, 0.6) is 0 Å². The topological polar surface area (TPSA) is 31.4 Å². The van der Waals surface area contributed by atoms with Gasteiger partial charge < -0.3 is 9.31 Å². The molecule has 0 bridgehead atoms. The van der Waals surface area contributed by atoms with Gasteiger partial charge in [-0.3, -0.25) is 0 Å². The minimum atomic E-state index is -0.987. The summed E-state index contributed by atoms with van der Waals surface area (Å²) < 4.78 is 27.0. The Labute approximate surface area is 135 Å². The summed E-state index contributed by atoms with van der Waals surface area (Å²) in [5, 5.41) is 0. The van der Waals surface area contributed by atoms with Crippen LogP contribution in [0.15, 0.2) is 27.1 Å². The van der Waals surface area contributed by atoms with Crippen molar-refractivity contribution in [3.8, 4) is 0 Å². The first-order valence-corrected chi connectivity index (χ1v) is 7.75.